The molecule has 2 rings (SSSR count). The Hall–Kier alpha value is -2.04. The highest BCUT2D eigenvalue weighted by atomic mass is 16.2. The molecule has 0 aliphatic carbocycles. The lowest BCUT2D eigenvalue weighted by Gasteiger charge is -2.35. The third-order valence-corrected chi connectivity index (χ3v) is 4.45. The van der Waals surface area contributed by atoms with Crippen molar-refractivity contribution in [3.63, 3.8) is 0 Å². The van der Waals surface area contributed by atoms with Crippen LogP contribution in [0.1, 0.15) is 51.6 Å². The van der Waals surface area contributed by atoms with E-state index in [-0.39, 0.29) is 24.0 Å². The fraction of sp³-hybridized carbons (Fsp3) is 0.556. The maximum Gasteiger partial charge on any atom is 0.315 e. The van der Waals surface area contributed by atoms with Crippen LogP contribution in [-0.2, 0) is 4.79 Å². The van der Waals surface area contributed by atoms with Gasteiger partial charge in [-0.1, -0.05) is 30.3 Å². The SMILES string of the molecule is C[C@H](NC(=O)N[C@H](C)c1ccccc1)C(=O)N1CCCC[C@@H]1C. The molecule has 0 spiro atoms. The zero-order valence-electron chi connectivity index (χ0n) is 14.2. The molecule has 5 nitrogen and oxygen atoms in total. The van der Waals surface area contributed by atoms with E-state index in [4.69, 9.17) is 0 Å². The number of hydrogen-bond donors (Lipinski definition) is 2. The van der Waals surface area contributed by atoms with Crippen molar-refractivity contribution >= 4 is 11.9 Å². The van der Waals surface area contributed by atoms with Gasteiger partial charge < -0.3 is 15.5 Å². The zero-order valence-corrected chi connectivity index (χ0v) is 14.2. The maximum absolute atomic E-state index is 12.5. The number of rotatable bonds is 4. The molecule has 126 valence electrons. The molecule has 1 saturated heterocycles. The van der Waals surface area contributed by atoms with Gasteiger partial charge in [0.1, 0.15) is 6.04 Å². The summed E-state index contributed by atoms with van der Waals surface area (Å²) in [6, 6.07) is 9.08. The summed E-state index contributed by atoms with van der Waals surface area (Å²) in [4.78, 5) is 26.5. The second-order valence-electron chi connectivity index (χ2n) is 6.35. The predicted octanol–water partition coefficient (Wildman–Crippen LogP) is 2.84. The fourth-order valence-corrected chi connectivity index (χ4v) is 3.00. The number of carbonyl (C=O) groups excluding carboxylic acids is 2. The number of urea groups is 1. The van der Waals surface area contributed by atoms with Gasteiger partial charge in [0.25, 0.3) is 0 Å². The molecule has 3 amide bonds. The Morgan fingerprint density at radius 1 is 1.13 bits per heavy atom. The number of likely N-dealkylation sites (tertiary alicyclic amines) is 1. The molecular weight excluding hydrogens is 290 g/mol. The Kier molecular flexibility index (Phi) is 6.02. The van der Waals surface area contributed by atoms with Gasteiger partial charge in [-0.25, -0.2) is 4.79 Å². The van der Waals surface area contributed by atoms with Crippen LogP contribution in [-0.4, -0.2) is 35.5 Å². The number of hydrogen-bond acceptors (Lipinski definition) is 2. The summed E-state index contributed by atoms with van der Waals surface area (Å²) in [5.41, 5.74) is 1.03. The molecule has 3 atom stereocenters. The normalized spacial score (nSPS) is 20.5. The molecule has 0 bridgehead atoms. The number of amides is 3. The highest BCUT2D eigenvalue weighted by Gasteiger charge is 2.27. The lowest BCUT2D eigenvalue weighted by Crippen LogP contribution is -2.53. The van der Waals surface area contributed by atoms with E-state index in [1.807, 2.05) is 42.2 Å². The van der Waals surface area contributed by atoms with Crippen molar-refractivity contribution in [2.24, 2.45) is 0 Å². The molecule has 1 aromatic carbocycles. The summed E-state index contributed by atoms with van der Waals surface area (Å²) in [7, 11) is 0. The monoisotopic (exact) mass is 317 g/mol. The molecule has 1 aliphatic rings. The molecule has 1 fully saturated rings. The van der Waals surface area contributed by atoms with Gasteiger partial charge in [-0.15, -0.1) is 0 Å². The lowest BCUT2D eigenvalue weighted by atomic mass is 10.0. The van der Waals surface area contributed by atoms with E-state index in [1.54, 1.807) is 6.92 Å². The number of nitrogens with one attached hydrogen (secondary N) is 2. The zero-order chi connectivity index (χ0) is 16.8. The van der Waals surface area contributed by atoms with Crippen molar-refractivity contribution in [3.8, 4) is 0 Å². The molecule has 1 heterocycles. The molecule has 1 aromatic rings. The summed E-state index contributed by atoms with van der Waals surface area (Å²) in [6.07, 6.45) is 3.25. The minimum absolute atomic E-state index is 0.000265. The molecule has 23 heavy (non-hydrogen) atoms. The molecule has 5 heteroatoms. The first-order chi connectivity index (χ1) is 11.0. The van der Waals surface area contributed by atoms with Gasteiger partial charge in [-0.2, -0.15) is 0 Å². The summed E-state index contributed by atoms with van der Waals surface area (Å²) in [5, 5.41) is 5.63. The Bertz CT molecular complexity index is 532. The molecule has 0 radical (unpaired) electrons. The molecule has 1 aliphatic heterocycles. The van der Waals surface area contributed by atoms with Gasteiger partial charge in [-0.3, -0.25) is 4.79 Å². The van der Waals surface area contributed by atoms with Gasteiger partial charge in [0.05, 0.1) is 6.04 Å². The number of piperidine rings is 1. The molecule has 0 unspecified atom stereocenters. The van der Waals surface area contributed by atoms with Crippen LogP contribution >= 0.6 is 0 Å². The Labute approximate surface area is 138 Å². The summed E-state index contributed by atoms with van der Waals surface area (Å²) < 4.78 is 0. The van der Waals surface area contributed by atoms with Crippen LogP contribution in [0, 0.1) is 0 Å². The highest BCUT2D eigenvalue weighted by molar-refractivity contribution is 5.87. The van der Waals surface area contributed by atoms with Crippen LogP contribution in [0.5, 0.6) is 0 Å². The number of benzene rings is 1. The number of nitrogens with zero attached hydrogens (tertiary/aromatic N) is 1. The molecule has 2 N–H and O–H groups in total. The first kappa shape index (κ1) is 17.3. The summed E-state index contributed by atoms with van der Waals surface area (Å²) in [6.45, 7) is 6.53. The predicted molar refractivity (Wildman–Crippen MR) is 91.0 cm³/mol. The van der Waals surface area contributed by atoms with E-state index in [0.29, 0.717) is 0 Å². The van der Waals surface area contributed by atoms with Crippen molar-refractivity contribution < 1.29 is 9.59 Å². The van der Waals surface area contributed by atoms with Crippen molar-refractivity contribution in [1.29, 1.82) is 0 Å². The standard InChI is InChI=1S/C18H27N3O2/c1-13-9-7-8-12-21(13)17(22)15(3)20-18(23)19-14(2)16-10-5-4-6-11-16/h4-6,10-11,13-15H,7-9,12H2,1-3H3,(H2,19,20,23)/t13-,14+,15-/m0/s1. The van der Waals surface area contributed by atoms with Crippen molar-refractivity contribution in [2.75, 3.05) is 6.54 Å². The third kappa shape index (κ3) is 4.71. The Morgan fingerprint density at radius 3 is 2.48 bits per heavy atom. The van der Waals surface area contributed by atoms with Crippen LogP contribution in [0.2, 0.25) is 0 Å². The average Bonchev–Trinajstić information content (AvgIpc) is 2.55. The minimum atomic E-state index is -0.515. The third-order valence-electron chi connectivity index (χ3n) is 4.45. The van der Waals surface area contributed by atoms with Gasteiger partial charge in [0.2, 0.25) is 5.91 Å². The summed E-state index contributed by atoms with van der Waals surface area (Å²) >= 11 is 0. The summed E-state index contributed by atoms with van der Waals surface area (Å²) in [5.74, 6) is -0.000265. The second kappa shape index (κ2) is 7.99. The Balaban J connectivity index is 1.85. The quantitative estimate of drug-likeness (QED) is 0.897. The van der Waals surface area contributed by atoms with E-state index in [9.17, 15) is 9.59 Å². The first-order valence-corrected chi connectivity index (χ1v) is 8.41. The van der Waals surface area contributed by atoms with E-state index in [2.05, 4.69) is 17.6 Å². The smallest absolute Gasteiger partial charge is 0.315 e. The highest BCUT2D eigenvalue weighted by Crippen LogP contribution is 2.17. The van der Waals surface area contributed by atoms with Crippen LogP contribution in [0.3, 0.4) is 0 Å². The maximum atomic E-state index is 12.5. The Morgan fingerprint density at radius 2 is 1.83 bits per heavy atom. The van der Waals surface area contributed by atoms with Crippen molar-refractivity contribution in [2.45, 2.75) is 58.2 Å². The molecule has 0 aromatic heterocycles. The van der Waals surface area contributed by atoms with Crippen LogP contribution in [0.4, 0.5) is 4.79 Å². The minimum Gasteiger partial charge on any atom is -0.338 e. The van der Waals surface area contributed by atoms with Gasteiger partial charge >= 0.3 is 6.03 Å². The number of carbonyl (C=O) groups is 2. The molecular formula is C18H27N3O2. The molecule has 0 saturated carbocycles. The van der Waals surface area contributed by atoms with Gasteiger partial charge in [0, 0.05) is 12.6 Å². The van der Waals surface area contributed by atoms with Gasteiger partial charge in [-0.05, 0) is 45.6 Å². The van der Waals surface area contributed by atoms with Crippen molar-refractivity contribution in [3.05, 3.63) is 35.9 Å². The topological polar surface area (TPSA) is 61.4 Å². The van der Waals surface area contributed by atoms with Crippen LogP contribution in [0.15, 0.2) is 30.3 Å². The average molecular weight is 317 g/mol. The lowest BCUT2D eigenvalue weighted by molar-refractivity contribution is -0.136. The van der Waals surface area contributed by atoms with E-state index < -0.39 is 6.04 Å². The van der Waals surface area contributed by atoms with Crippen molar-refractivity contribution in [1.82, 2.24) is 15.5 Å². The fourth-order valence-electron chi connectivity index (χ4n) is 3.00. The largest absolute Gasteiger partial charge is 0.338 e. The van der Waals surface area contributed by atoms with E-state index >= 15 is 0 Å². The first-order valence-electron chi connectivity index (χ1n) is 8.41. The van der Waals surface area contributed by atoms with Crippen LogP contribution < -0.4 is 10.6 Å². The van der Waals surface area contributed by atoms with E-state index in [0.717, 1.165) is 24.9 Å². The van der Waals surface area contributed by atoms with Crippen LogP contribution in [0.25, 0.3) is 0 Å². The van der Waals surface area contributed by atoms with Gasteiger partial charge in [0.15, 0.2) is 0 Å². The van der Waals surface area contributed by atoms with E-state index in [1.165, 1.54) is 6.42 Å². The second-order valence-corrected chi connectivity index (χ2v) is 6.35.